The van der Waals surface area contributed by atoms with E-state index in [1.807, 2.05) is 0 Å². The van der Waals surface area contributed by atoms with Crippen LogP contribution in [0.1, 0.15) is 90.4 Å². The number of phenols is 1. The van der Waals surface area contributed by atoms with Crippen molar-refractivity contribution in [3.8, 4) is 5.75 Å². The predicted molar refractivity (Wildman–Crippen MR) is 369 cm³/mol. The number of primary amides is 3. The molecule has 0 spiro atoms. The topological polar surface area (TPSA) is 628 Å². The zero-order valence-electron chi connectivity index (χ0n) is 58.0. The SMILES string of the molecule is NC(=O)CC[C@H](NC(=O)[C@H](Cc1ccccc1)NC(=O)[C@H](N)Cc1ccc(C(=O)c2ccccc2)cc1)C(=O)N[C@@H](CC(N)=O)C(=O)N[C@@H](CCCN=C(N)N)C(=O)N1CCC[C@H]1C(=O)N[C@@H](CCCN=C(N)N)C(=O)N[C@@H](Cc1ccc(O)cc1)C(N)=O.O=C(O)C(F)(F)F.O=C(O)C(F)(F)F.O=C(O)C(F)(F)F. The number of aliphatic carboxylic acids is 3. The van der Waals surface area contributed by atoms with Crippen LogP contribution in [-0.4, -0.2) is 207 Å². The van der Waals surface area contributed by atoms with Crippen molar-refractivity contribution in [2.45, 2.75) is 144 Å². The van der Waals surface area contributed by atoms with Crippen LogP contribution in [0.25, 0.3) is 0 Å². The Kier molecular flexibility index (Phi) is 38.3. The van der Waals surface area contributed by atoms with E-state index in [0.29, 0.717) is 27.8 Å². The third-order valence-electron chi connectivity index (χ3n) is 15.1. The second kappa shape index (κ2) is 45.1. The minimum absolute atomic E-state index is 0.00847. The van der Waals surface area contributed by atoms with E-state index in [4.69, 9.17) is 75.6 Å². The van der Waals surface area contributed by atoms with E-state index < -0.39 is 163 Å². The zero-order valence-corrected chi connectivity index (χ0v) is 58.0. The van der Waals surface area contributed by atoms with E-state index in [-0.39, 0.29) is 101 Å². The minimum atomic E-state index is -5.08. The molecule has 1 heterocycles. The van der Waals surface area contributed by atoms with Crippen LogP contribution in [0.4, 0.5) is 39.5 Å². The van der Waals surface area contributed by atoms with Crippen LogP contribution >= 0.6 is 0 Å². The highest BCUT2D eigenvalue weighted by molar-refractivity contribution is 6.09. The number of ketones is 1. The number of carbonyl (C=O) groups is 14. The number of hydrogen-bond acceptors (Lipinski definition) is 18. The fraction of sp³-hybridized carbons (Fsp3) is 0.394. The van der Waals surface area contributed by atoms with Gasteiger partial charge in [0.15, 0.2) is 17.7 Å². The maximum absolute atomic E-state index is 14.7. The van der Waals surface area contributed by atoms with Gasteiger partial charge in [0.05, 0.1) is 12.5 Å². The average Bonchev–Trinajstić information content (AvgIpc) is 1.59. The Balaban J connectivity index is 0.00000170. The standard InChI is InChI=1S/C60H79N17O12.3C2HF3O2/c61-40(30-35-17-21-38(22-18-35)50(81)37-12-5-2-6-13-37)52(83)75-45(32-34-10-3-1-4-11-34)55(86)71-42(25-26-48(62)79)54(85)76-46(33-49(63)80)56(87)73-43(15-8-28-70-60(67)68)58(89)77-29-9-16-47(77)57(88)72-41(14-7-27-69-59(65)66)53(84)74-44(51(64)82)31-36-19-23-39(78)24-20-36;3*3-2(4,5)1(6)7/h1-6,10-13,17-24,40-47,78H,7-9,14-16,25-33,61H2,(H2,62,79)(H2,63,80)(H2,64,82)(H,71,86)(H,72,88)(H,73,87)(H,74,84)(H,75,83)(H,76,85)(H4,65,66,69)(H4,67,68,70);3*(H,6,7)/t40-,41+,42+,43+,44+,45+,46+,47+;;;/m1.../s1. The molecule has 0 bridgehead atoms. The number of aromatic hydroxyl groups is 1. The molecule has 44 heteroatoms. The highest BCUT2D eigenvalue weighted by Crippen LogP contribution is 2.22. The molecule has 0 unspecified atom stereocenters. The number of carbonyl (C=O) groups excluding carboxylic acids is 11. The Labute approximate surface area is 618 Å². The Morgan fingerprint density at radius 1 is 0.455 bits per heavy atom. The predicted octanol–water partition coefficient (Wildman–Crippen LogP) is -1.49. The molecule has 1 fully saturated rings. The molecule has 1 aliphatic heterocycles. The fourth-order valence-electron chi connectivity index (χ4n) is 9.68. The molecule has 602 valence electrons. The number of rotatable bonds is 35. The first kappa shape index (κ1) is 93.4. The molecular weight excluding hydrogens is 1490 g/mol. The van der Waals surface area contributed by atoms with Gasteiger partial charge in [0.25, 0.3) is 0 Å². The first-order valence-corrected chi connectivity index (χ1v) is 32.5. The number of carboxylic acid groups (broad SMARTS) is 3. The molecule has 26 N–H and O–H groups in total. The van der Waals surface area contributed by atoms with Crippen LogP contribution < -0.4 is 77.8 Å². The lowest BCUT2D eigenvalue weighted by Gasteiger charge is -2.31. The number of aliphatic imine (C=N–C) groups is 2. The summed E-state index contributed by atoms with van der Waals surface area (Å²) >= 11 is 0. The van der Waals surface area contributed by atoms with Gasteiger partial charge in [-0.2, -0.15) is 39.5 Å². The van der Waals surface area contributed by atoms with Crippen molar-refractivity contribution in [1.82, 2.24) is 36.8 Å². The van der Waals surface area contributed by atoms with E-state index in [2.05, 4.69) is 41.9 Å². The van der Waals surface area contributed by atoms with Crippen LogP contribution in [0.5, 0.6) is 5.75 Å². The van der Waals surface area contributed by atoms with Crippen LogP contribution in [0.2, 0.25) is 0 Å². The molecule has 0 aliphatic carbocycles. The van der Waals surface area contributed by atoms with Gasteiger partial charge in [-0.1, -0.05) is 97.1 Å². The van der Waals surface area contributed by atoms with Gasteiger partial charge in [-0.25, -0.2) is 14.4 Å². The number of hydrogen-bond donors (Lipinski definition) is 18. The van der Waals surface area contributed by atoms with Crippen molar-refractivity contribution in [2.24, 2.45) is 55.9 Å². The summed E-state index contributed by atoms with van der Waals surface area (Å²) in [5.74, 6) is -18.2. The third kappa shape index (κ3) is 35.6. The van der Waals surface area contributed by atoms with Gasteiger partial charge in [0, 0.05) is 50.0 Å². The minimum Gasteiger partial charge on any atom is -0.508 e. The summed E-state index contributed by atoms with van der Waals surface area (Å²) in [7, 11) is 0. The van der Waals surface area contributed by atoms with Gasteiger partial charge >= 0.3 is 36.4 Å². The van der Waals surface area contributed by atoms with E-state index in [0.717, 1.165) is 0 Å². The molecule has 110 heavy (non-hydrogen) atoms. The van der Waals surface area contributed by atoms with Crippen LogP contribution in [0.3, 0.4) is 0 Å². The fourth-order valence-corrected chi connectivity index (χ4v) is 9.68. The molecular formula is C66H82F9N17O18. The number of guanidine groups is 2. The molecule has 5 rings (SSSR count). The Morgan fingerprint density at radius 3 is 1.30 bits per heavy atom. The number of nitrogens with two attached hydrogens (primary N) is 8. The lowest BCUT2D eigenvalue weighted by Crippen LogP contribution is -2.60. The van der Waals surface area contributed by atoms with E-state index in [1.54, 1.807) is 84.9 Å². The smallest absolute Gasteiger partial charge is 0.490 e. The van der Waals surface area contributed by atoms with Crippen LogP contribution in [0, 0.1) is 0 Å². The quantitative estimate of drug-likeness (QED) is 0.00820. The zero-order chi connectivity index (χ0) is 83.4. The molecule has 8 atom stereocenters. The number of alkyl halides is 9. The van der Waals surface area contributed by atoms with Gasteiger partial charge in [-0.15, -0.1) is 0 Å². The maximum Gasteiger partial charge on any atom is 0.490 e. The van der Waals surface area contributed by atoms with E-state index >= 15 is 0 Å². The van der Waals surface area contributed by atoms with Crippen molar-refractivity contribution < 1.29 is 127 Å². The number of carboxylic acids is 3. The number of nitrogens with zero attached hydrogens (tertiary/aromatic N) is 3. The monoisotopic (exact) mass is 1570 g/mol. The molecule has 35 nitrogen and oxygen atoms in total. The van der Waals surface area contributed by atoms with Crippen molar-refractivity contribution in [3.63, 3.8) is 0 Å². The summed E-state index contributed by atoms with van der Waals surface area (Å²) < 4.78 is 95.2. The largest absolute Gasteiger partial charge is 0.508 e. The lowest BCUT2D eigenvalue weighted by molar-refractivity contribution is -0.193. The lowest BCUT2D eigenvalue weighted by atomic mass is 9.99. The van der Waals surface area contributed by atoms with Gasteiger partial charge in [-0.05, 0) is 80.2 Å². The molecule has 0 aromatic heterocycles. The van der Waals surface area contributed by atoms with Gasteiger partial charge in [-0.3, -0.25) is 62.7 Å². The maximum atomic E-state index is 14.7. The molecule has 10 amide bonds. The van der Waals surface area contributed by atoms with Crippen molar-refractivity contribution in [1.29, 1.82) is 0 Å². The first-order valence-electron chi connectivity index (χ1n) is 32.5. The Hall–Kier alpha value is -12.7. The van der Waals surface area contributed by atoms with E-state index in [9.17, 15) is 97.4 Å². The molecule has 4 aromatic rings. The number of likely N-dealkylation sites (tertiary alicyclic amines) is 1. The number of benzene rings is 4. The highest BCUT2D eigenvalue weighted by atomic mass is 19.4. The average molecular weight is 1570 g/mol. The molecule has 1 aliphatic rings. The molecule has 0 saturated carbocycles. The number of nitrogens with one attached hydrogen (secondary N) is 6. The molecule has 1 saturated heterocycles. The molecule has 4 aromatic carbocycles. The van der Waals surface area contributed by atoms with Gasteiger partial charge in [0.2, 0.25) is 59.1 Å². The first-order chi connectivity index (χ1) is 51.2. The highest BCUT2D eigenvalue weighted by Gasteiger charge is 2.42. The van der Waals surface area contributed by atoms with Crippen LogP contribution in [-0.2, 0) is 81.6 Å². The summed E-state index contributed by atoms with van der Waals surface area (Å²) in [6.07, 6.45) is -16.8. The van der Waals surface area contributed by atoms with Crippen molar-refractivity contribution in [3.05, 3.63) is 137 Å². The third-order valence-corrected chi connectivity index (χ3v) is 15.1. The summed E-state index contributed by atoms with van der Waals surface area (Å²) in [5, 5.41) is 46.5. The summed E-state index contributed by atoms with van der Waals surface area (Å²) in [6.45, 7) is 0.00527. The summed E-state index contributed by atoms with van der Waals surface area (Å²) in [5.41, 5.74) is 47.9. The summed E-state index contributed by atoms with van der Waals surface area (Å²) in [6, 6.07) is 18.1. The van der Waals surface area contributed by atoms with E-state index in [1.165, 1.54) is 29.2 Å². The van der Waals surface area contributed by atoms with Gasteiger partial charge < -0.3 is 103 Å². The van der Waals surface area contributed by atoms with Crippen LogP contribution in [0.15, 0.2) is 119 Å². The van der Waals surface area contributed by atoms with Gasteiger partial charge in [0.1, 0.15) is 48.0 Å². The van der Waals surface area contributed by atoms with Crippen molar-refractivity contribution >= 4 is 94.7 Å². The second-order valence-electron chi connectivity index (χ2n) is 23.7. The second-order valence-corrected chi connectivity index (χ2v) is 23.7. The number of phenolic OH excluding ortho intramolecular Hbond substituents is 1. The van der Waals surface area contributed by atoms with Crippen molar-refractivity contribution in [2.75, 3.05) is 19.6 Å². The Morgan fingerprint density at radius 2 is 0.836 bits per heavy atom. The Bertz CT molecular complexity index is 3810. The number of halogens is 9. The summed E-state index contributed by atoms with van der Waals surface area (Å²) in [4.78, 5) is 186. The molecule has 0 radical (unpaired) electrons. The normalized spacial score (nSPS) is 14.2. The number of amides is 10.